The lowest BCUT2D eigenvalue weighted by Gasteiger charge is -2.34. The topological polar surface area (TPSA) is 76.4 Å². The van der Waals surface area contributed by atoms with E-state index < -0.39 is 11.6 Å². The lowest BCUT2D eigenvalue weighted by molar-refractivity contribution is -0.135. The van der Waals surface area contributed by atoms with E-state index in [1.165, 1.54) is 10.7 Å². The highest BCUT2D eigenvalue weighted by molar-refractivity contribution is 6.30. The van der Waals surface area contributed by atoms with E-state index in [2.05, 4.69) is 20.4 Å². The van der Waals surface area contributed by atoms with Crippen LogP contribution in [0.25, 0.3) is 5.69 Å². The van der Waals surface area contributed by atoms with Crippen LogP contribution in [0.1, 0.15) is 5.82 Å². The zero-order chi connectivity index (χ0) is 21.8. The van der Waals surface area contributed by atoms with Crippen LogP contribution >= 0.6 is 11.6 Å². The molecule has 0 spiro atoms. The molecule has 1 saturated heterocycles. The zero-order valence-electron chi connectivity index (χ0n) is 16.4. The molecule has 1 fully saturated rings. The maximum atomic E-state index is 13.5. The molecule has 0 unspecified atom stereocenters. The Kier molecular flexibility index (Phi) is 6.38. The molecule has 31 heavy (non-hydrogen) atoms. The highest BCUT2D eigenvalue weighted by atomic mass is 35.5. The second kappa shape index (κ2) is 9.36. The van der Waals surface area contributed by atoms with Crippen molar-refractivity contribution in [3.8, 4) is 11.4 Å². The van der Waals surface area contributed by atoms with Crippen molar-refractivity contribution in [2.75, 3.05) is 32.8 Å². The van der Waals surface area contributed by atoms with Gasteiger partial charge in [-0.3, -0.25) is 9.69 Å². The molecule has 0 aliphatic carbocycles. The van der Waals surface area contributed by atoms with Crippen molar-refractivity contribution < 1.29 is 18.3 Å². The van der Waals surface area contributed by atoms with Gasteiger partial charge in [0.05, 0.1) is 12.2 Å². The van der Waals surface area contributed by atoms with Gasteiger partial charge in [-0.05, 0) is 46.8 Å². The Balaban J connectivity index is 1.29. The van der Waals surface area contributed by atoms with Gasteiger partial charge in [-0.2, -0.15) is 4.68 Å². The van der Waals surface area contributed by atoms with Crippen molar-refractivity contribution in [1.82, 2.24) is 30.0 Å². The number of carbonyl (C=O) groups excluding carboxylic acids is 1. The fourth-order valence-corrected chi connectivity index (χ4v) is 3.37. The molecule has 2 heterocycles. The van der Waals surface area contributed by atoms with Gasteiger partial charge in [0.2, 0.25) is 0 Å². The number of piperazine rings is 1. The van der Waals surface area contributed by atoms with E-state index in [1.807, 2.05) is 0 Å². The molecule has 0 bridgehead atoms. The van der Waals surface area contributed by atoms with Crippen LogP contribution in [0.15, 0.2) is 42.5 Å². The Morgan fingerprint density at radius 3 is 2.48 bits per heavy atom. The third-order valence-corrected chi connectivity index (χ3v) is 5.20. The van der Waals surface area contributed by atoms with Gasteiger partial charge in [-0.1, -0.05) is 11.6 Å². The molecule has 0 N–H and O–H groups in total. The predicted molar refractivity (Wildman–Crippen MR) is 108 cm³/mol. The predicted octanol–water partition coefficient (Wildman–Crippen LogP) is 2.32. The largest absolute Gasteiger partial charge is 0.484 e. The molecule has 0 atom stereocenters. The number of aromatic nitrogens is 4. The first-order chi connectivity index (χ1) is 15.0. The average Bonchev–Trinajstić information content (AvgIpc) is 3.23. The Hall–Kier alpha value is -3.11. The van der Waals surface area contributed by atoms with Gasteiger partial charge in [0, 0.05) is 37.3 Å². The van der Waals surface area contributed by atoms with Crippen molar-refractivity contribution in [1.29, 1.82) is 0 Å². The van der Waals surface area contributed by atoms with Crippen LogP contribution in [0.5, 0.6) is 5.75 Å². The first-order valence-corrected chi connectivity index (χ1v) is 9.98. The average molecular weight is 449 g/mol. The summed E-state index contributed by atoms with van der Waals surface area (Å²) < 4.78 is 33.6. The lowest BCUT2D eigenvalue weighted by Crippen LogP contribution is -2.49. The van der Waals surface area contributed by atoms with Crippen molar-refractivity contribution >= 4 is 17.5 Å². The second-order valence-corrected chi connectivity index (χ2v) is 7.44. The van der Waals surface area contributed by atoms with Gasteiger partial charge >= 0.3 is 0 Å². The SMILES string of the molecule is O=C(COc1ccc(Cl)cc1)N1CCN(Cc2nnnn2-c2ccc(F)c(F)c2)CC1. The molecule has 4 rings (SSSR count). The maximum Gasteiger partial charge on any atom is 0.260 e. The number of halogens is 3. The van der Waals surface area contributed by atoms with Crippen molar-refractivity contribution in [2.45, 2.75) is 6.54 Å². The number of amides is 1. The number of rotatable bonds is 6. The summed E-state index contributed by atoms with van der Waals surface area (Å²) in [6.45, 7) is 2.69. The Bertz CT molecular complexity index is 1050. The van der Waals surface area contributed by atoms with E-state index in [1.54, 1.807) is 29.2 Å². The molecule has 11 heteroatoms. The molecule has 0 saturated carbocycles. The normalized spacial score (nSPS) is 14.6. The van der Waals surface area contributed by atoms with Crippen LogP contribution in [-0.2, 0) is 11.3 Å². The minimum Gasteiger partial charge on any atom is -0.484 e. The van der Waals surface area contributed by atoms with Crippen LogP contribution in [0.4, 0.5) is 8.78 Å². The molecule has 1 aromatic heterocycles. The van der Waals surface area contributed by atoms with Crippen LogP contribution < -0.4 is 4.74 Å². The lowest BCUT2D eigenvalue weighted by atomic mass is 10.3. The highest BCUT2D eigenvalue weighted by Gasteiger charge is 2.23. The highest BCUT2D eigenvalue weighted by Crippen LogP contribution is 2.17. The summed E-state index contributed by atoms with van der Waals surface area (Å²) in [5.74, 6) is -0.912. The summed E-state index contributed by atoms with van der Waals surface area (Å²) in [5.41, 5.74) is 0.340. The molecule has 3 aromatic rings. The molecule has 0 radical (unpaired) electrons. The summed E-state index contributed by atoms with van der Waals surface area (Å²) in [6, 6.07) is 10.3. The van der Waals surface area contributed by atoms with Gasteiger partial charge in [-0.25, -0.2) is 8.78 Å². The molecular weight excluding hydrogens is 430 g/mol. The molecular formula is C20H19ClF2N6O2. The summed E-state index contributed by atoms with van der Waals surface area (Å²) in [7, 11) is 0. The Morgan fingerprint density at radius 1 is 1.03 bits per heavy atom. The first kappa shape index (κ1) is 21.1. The van der Waals surface area contributed by atoms with Gasteiger partial charge in [-0.15, -0.1) is 5.10 Å². The van der Waals surface area contributed by atoms with Gasteiger partial charge in [0.25, 0.3) is 5.91 Å². The monoisotopic (exact) mass is 448 g/mol. The third kappa shape index (κ3) is 5.15. The number of ether oxygens (including phenoxy) is 1. The minimum absolute atomic E-state index is 0.0456. The molecule has 2 aromatic carbocycles. The van der Waals surface area contributed by atoms with E-state index >= 15 is 0 Å². The molecule has 8 nitrogen and oxygen atoms in total. The number of hydrogen-bond donors (Lipinski definition) is 0. The van der Waals surface area contributed by atoms with E-state index in [9.17, 15) is 13.6 Å². The Morgan fingerprint density at radius 2 is 1.77 bits per heavy atom. The minimum atomic E-state index is -0.966. The number of carbonyl (C=O) groups is 1. The van der Waals surface area contributed by atoms with E-state index in [0.29, 0.717) is 55.0 Å². The van der Waals surface area contributed by atoms with Crippen LogP contribution in [0.2, 0.25) is 5.02 Å². The van der Waals surface area contributed by atoms with Crippen LogP contribution in [0.3, 0.4) is 0 Å². The number of tetrazole rings is 1. The van der Waals surface area contributed by atoms with Gasteiger partial charge in [0.1, 0.15) is 5.75 Å². The van der Waals surface area contributed by atoms with Crippen molar-refractivity contribution in [3.05, 3.63) is 64.9 Å². The number of hydrogen-bond acceptors (Lipinski definition) is 6. The van der Waals surface area contributed by atoms with Crippen LogP contribution in [0, 0.1) is 11.6 Å². The quantitative estimate of drug-likeness (QED) is 0.576. The summed E-state index contributed by atoms with van der Waals surface area (Å²) in [6.07, 6.45) is 0. The number of nitrogens with zero attached hydrogens (tertiary/aromatic N) is 6. The van der Waals surface area contributed by atoms with Crippen LogP contribution in [-0.4, -0.2) is 68.7 Å². The summed E-state index contributed by atoms with van der Waals surface area (Å²) in [4.78, 5) is 16.2. The zero-order valence-corrected chi connectivity index (χ0v) is 17.2. The molecule has 162 valence electrons. The van der Waals surface area contributed by atoms with E-state index in [4.69, 9.17) is 16.3 Å². The fraction of sp³-hybridized carbons (Fsp3) is 0.300. The maximum absolute atomic E-state index is 13.5. The smallest absolute Gasteiger partial charge is 0.260 e. The van der Waals surface area contributed by atoms with E-state index in [0.717, 1.165) is 12.1 Å². The standard InChI is InChI=1S/C20H19ClF2N6O2/c21-14-1-4-16(5-2-14)31-13-20(30)28-9-7-27(8-10-28)12-19-24-25-26-29(19)15-3-6-17(22)18(23)11-15/h1-6,11H,7-10,12-13H2. The second-order valence-electron chi connectivity index (χ2n) is 7.00. The van der Waals surface area contributed by atoms with E-state index in [-0.39, 0.29) is 12.5 Å². The molecule has 1 aliphatic rings. The van der Waals surface area contributed by atoms with Gasteiger partial charge in [0.15, 0.2) is 24.1 Å². The molecule has 1 amide bonds. The number of benzene rings is 2. The summed E-state index contributed by atoms with van der Waals surface area (Å²) in [5, 5.41) is 12.1. The first-order valence-electron chi connectivity index (χ1n) is 9.61. The molecule has 1 aliphatic heterocycles. The summed E-state index contributed by atoms with van der Waals surface area (Å²) >= 11 is 5.84. The van der Waals surface area contributed by atoms with Crippen molar-refractivity contribution in [2.24, 2.45) is 0 Å². The Labute approximate surface area is 182 Å². The third-order valence-electron chi connectivity index (χ3n) is 4.95. The van der Waals surface area contributed by atoms with Gasteiger partial charge < -0.3 is 9.64 Å². The fourth-order valence-electron chi connectivity index (χ4n) is 3.24. The van der Waals surface area contributed by atoms with Crippen molar-refractivity contribution in [3.63, 3.8) is 0 Å².